The summed E-state index contributed by atoms with van der Waals surface area (Å²) in [6, 6.07) is 0.564. The maximum absolute atomic E-state index is 5.52. The zero-order valence-corrected chi connectivity index (χ0v) is 12.9. The fourth-order valence-corrected chi connectivity index (χ4v) is 1.84. The second-order valence-corrected chi connectivity index (χ2v) is 4.83. The summed E-state index contributed by atoms with van der Waals surface area (Å²) in [5.41, 5.74) is 0. The summed E-state index contributed by atoms with van der Waals surface area (Å²) in [6.07, 6.45) is 0. The van der Waals surface area contributed by atoms with Crippen LogP contribution >= 0.6 is 15.9 Å². The molecule has 0 aliphatic rings. The van der Waals surface area contributed by atoms with E-state index in [9.17, 15) is 0 Å². The minimum atomic E-state index is 0.564. The number of nitrogens with zero attached hydrogens (tertiary/aromatic N) is 1. The summed E-state index contributed by atoms with van der Waals surface area (Å²) in [5, 5.41) is 1.01. The molecule has 0 fully saturated rings. The molecule has 5 heteroatoms. The summed E-state index contributed by atoms with van der Waals surface area (Å²) < 4.78 is 15.7. The SMILES string of the molecule is COCCOCCOCCN(CCBr)C(C)C. The average molecular weight is 312 g/mol. The van der Waals surface area contributed by atoms with Crippen molar-refractivity contribution in [3.63, 3.8) is 0 Å². The van der Waals surface area contributed by atoms with Gasteiger partial charge in [-0.15, -0.1) is 0 Å². The Morgan fingerprint density at radius 3 is 2.06 bits per heavy atom. The second kappa shape index (κ2) is 12.8. The van der Waals surface area contributed by atoms with E-state index in [4.69, 9.17) is 14.2 Å². The summed E-state index contributed by atoms with van der Waals surface area (Å²) in [6.45, 7) is 9.79. The second-order valence-electron chi connectivity index (χ2n) is 4.04. The van der Waals surface area contributed by atoms with Crippen molar-refractivity contribution in [2.45, 2.75) is 19.9 Å². The Morgan fingerprint density at radius 1 is 0.941 bits per heavy atom. The number of hydrogen-bond acceptors (Lipinski definition) is 4. The van der Waals surface area contributed by atoms with Crippen molar-refractivity contribution in [3.8, 4) is 0 Å². The molecule has 0 aliphatic carbocycles. The molecule has 4 nitrogen and oxygen atoms in total. The van der Waals surface area contributed by atoms with Gasteiger partial charge in [-0.1, -0.05) is 15.9 Å². The van der Waals surface area contributed by atoms with Gasteiger partial charge in [0, 0.05) is 31.6 Å². The molecule has 0 atom stereocenters. The molecule has 0 aromatic heterocycles. The van der Waals surface area contributed by atoms with Crippen molar-refractivity contribution < 1.29 is 14.2 Å². The van der Waals surface area contributed by atoms with Gasteiger partial charge in [-0.2, -0.15) is 0 Å². The fraction of sp³-hybridized carbons (Fsp3) is 1.00. The van der Waals surface area contributed by atoms with E-state index in [2.05, 4.69) is 34.7 Å². The van der Waals surface area contributed by atoms with Crippen LogP contribution in [0.3, 0.4) is 0 Å². The van der Waals surface area contributed by atoms with Crippen LogP contribution in [0.25, 0.3) is 0 Å². The van der Waals surface area contributed by atoms with Gasteiger partial charge in [-0.05, 0) is 13.8 Å². The van der Waals surface area contributed by atoms with Crippen LogP contribution in [-0.2, 0) is 14.2 Å². The maximum atomic E-state index is 5.52. The van der Waals surface area contributed by atoms with Crippen LogP contribution in [0.4, 0.5) is 0 Å². The molecular weight excluding hydrogens is 286 g/mol. The highest BCUT2D eigenvalue weighted by Gasteiger charge is 2.07. The Kier molecular flexibility index (Phi) is 13.0. The van der Waals surface area contributed by atoms with Crippen LogP contribution in [0, 0.1) is 0 Å². The maximum Gasteiger partial charge on any atom is 0.0701 e. The minimum Gasteiger partial charge on any atom is -0.382 e. The smallest absolute Gasteiger partial charge is 0.0701 e. The lowest BCUT2D eigenvalue weighted by Gasteiger charge is -2.25. The fourth-order valence-electron chi connectivity index (χ4n) is 1.38. The minimum absolute atomic E-state index is 0.564. The topological polar surface area (TPSA) is 30.9 Å². The average Bonchev–Trinajstić information content (AvgIpc) is 2.31. The van der Waals surface area contributed by atoms with Gasteiger partial charge in [-0.3, -0.25) is 4.90 Å². The van der Waals surface area contributed by atoms with Crippen molar-refractivity contribution in [1.29, 1.82) is 0 Å². The first kappa shape index (κ1) is 17.3. The first-order valence-electron chi connectivity index (χ1n) is 6.16. The summed E-state index contributed by atoms with van der Waals surface area (Å²) in [4.78, 5) is 2.39. The number of halogens is 1. The Bertz CT molecular complexity index is 159. The first-order valence-corrected chi connectivity index (χ1v) is 7.29. The van der Waals surface area contributed by atoms with Crippen molar-refractivity contribution >= 4 is 15.9 Å². The number of alkyl halides is 1. The molecule has 0 saturated heterocycles. The molecule has 0 aliphatic heterocycles. The first-order chi connectivity index (χ1) is 8.22. The number of hydrogen-bond donors (Lipinski definition) is 0. The van der Waals surface area contributed by atoms with Crippen molar-refractivity contribution in [2.24, 2.45) is 0 Å². The van der Waals surface area contributed by atoms with Crippen molar-refractivity contribution in [2.75, 3.05) is 58.6 Å². The lowest BCUT2D eigenvalue weighted by atomic mass is 10.3. The van der Waals surface area contributed by atoms with Crippen LogP contribution in [-0.4, -0.2) is 69.5 Å². The van der Waals surface area contributed by atoms with Gasteiger partial charge in [0.1, 0.15) is 0 Å². The quantitative estimate of drug-likeness (QED) is 0.406. The molecule has 0 aromatic rings. The monoisotopic (exact) mass is 311 g/mol. The van der Waals surface area contributed by atoms with E-state index in [-0.39, 0.29) is 0 Å². The predicted molar refractivity (Wildman–Crippen MR) is 74.0 cm³/mol. The van der Waals surface area contributed by atoms with Gasteiger partial charge in [0.2, 0.25) is 0 Å². The third-order valence-corrected chi connectivity index (χ3v) is 2.78. The van der Waals surface area contributed by atoms with Crippen LogP contribution in [0.5, 0.6) is 0 Å². The van der Waals surface area contributed by atoms with Crippen LogP contribution < -0.4 is 0 Å². The molecule has 17 heavy (non-hydrogen) atoms. The lowest BCUT2D eigenvalue weighted by molar-refractivity contribution is 0.0180. The molecule has 0 N–H and O–H groups in total. The third-order valence-electron chi connectivity index (χ3n) is 2.43. The normalized spacial score (nSPS) is 11.6. The lowest BCUT2D eigenvalue weighted by Crippen LogP contribution is -2.35. The highest BCUT2D eigenvalue weighted by molar-refractivity contribution is 9.09. The van der Waals surface area contributed by atoms with Crippen LogP contribution in [0.1, 0.15) is 13.8 Å². The number of ether oxygens (including phenoxy) is 3. The van der Waals surface area contributed by atoms with Gasteiger partial charge >= 0.3 is 0 Å². The zero-order chi connectivity index (χ0) is 12.9. The largest absolute Gasteiger partial charge is 0.382 e. The highest BCUT2D eigenvalue weighted by atomic mass is 79.9. The van der Waals surface area contributed by atoms with Crippen molar-refractivity contribution in [3.05, 3.63) is 0 Å². The number of rotatable bonds is 12. The predicted octanol–water partition coefficient (Wildman–Crippen LogP) is 1.77. The Balaban J connectivity index is 3.30. The summed E-state index contributed by atoms with van der Waals surface area (Å²) in [5.74, 6) is 0. The van der Waals surface area contributed by atoms with Crippen molar-refractivity contribution in [1.82, 2.24) is 4.90 Å². The Labute approximate surface area is 114 Å². The number of methoxy groups -OCH3 is 1. The standard InChI is InChI=1S/C12H26BrNO3/c1-12(2)14(5-4-13)6-7-16-10-11-17-9-8-15-3/h12H,4-11H2,1-3H3. The molecule has 0 bridgehead atoms. The molecule has 0 radical (unpaired) electrons. The van der Waals surface area contributed by atoms with Gasteiger partial charge in [-0.25, -0.2) is 0 Å². The van der Waals surface area contributed by atoms with E-state index in [1.165, 1.54) is 0 Å². The van der Waals surface area contributed by atoms with Gasteiger partial charge in [0.05, 0.1) is 33.0 Å². The van der Waals surface area contributed by atoms with E-state index in [0.29, 0.717) is 32.5 Å². The summed E-state index contributed by atoms with van der Waals surface area (Å²) >= 11 is 3.46. The third kappa shape index (κ3) is 11.2. The van der Waals surface area contributed by atoms with Crippen LogP contribution in [0.2, 0.25) is 0 Å². The molecule has 0 saturated carbocycles. The molecule has 0 spiro atoms. The van der Waals surface area contributed by atoms with Crippen LogP contribution in [0.15, 0.2) is 0 Å². The molecular formula is C12H26BrNO3. The molecule has 104 valence electrons. The van der Waals surface area contributed by atoms with Gasteiger partial charge in [0.25, 0.3) is 0 Å². The molecule has 0 rings (SSSR count). The highest BCUT2D eigenvalue weighted by Crippen LogP contribution is 1.99. The van der Waals surface area contributed by atoms with E-state index in [1.54, 1.807) is 7.11 Å². The van der Waals surface area contributed by atoms with Gasteiger partial charge < -0.3 is 14.2 Å². The Morgan fingerprint density at radius 2 is 1.53 bits per heavy atom. The van der Waals surface area contributed by atoms with E-state index >= 15 is 0 Å². The van der Waals surface area contributed by atoms with E-state index in [1.807, 2.05) is 0 Å². The molecule has 0 amide bonds. The molecule has 0 heterocycles. The zero-order valence-electron chi connectivity index (χ0n) is 11.3. The summed E-state index contributed by atoms with van der Waals surface area (Å²) in [7, 11) is 1.67. The van der Waals surface area contributed by atoms with Gasteiger partial charge in [0.15, 0.2) is 0 Å². The van der Waals surface area contributed by atoms with E-state index in [0.717, 1.165) is 25.0 Å². The molecule has 0 aromatic carbocycles. The Hall–Kier alpha value is 0.320. The molecule has 0 unspecified atom stereocenters. The van der Waals surface area contributed by atoms with E-state index < -0.39 is 0 Å².